The van der Waals surface area contributed by atoms with Gasteiger partial charge in [0.2, 0.25) is 4.80 Å². The topological polar surface area (TPSA) is 68.0 Å². The maximum absolute atomic E-state index is 11.6. The first-order valence-corrected chi connectivity index (χ1v) is 9.98. The van der Waals surface area contributed by atoms with Crippen LogP contribution < -0.4 is 14.9 Å². The molecule has 0 spiro atoms. The maximum atomic E-state index is 11.6. The van der Waals surface area contributed by atoms with E-state index in [0.29, 0.717) is 23.0 Å². The summed E-state index contributed by atoms with van der Waals surface area (Å²) in [5.41, 5.74) is 3.23. The van der Waals surface area contributed by atoms with E-state index in [-0.39, 0.29) is 12.5 Å². The second-order valence-corrected chi connectivity index (χ2v) is 7.25. The van der Waals surface area contributed by atoms with Gasteiger partial charge < -0.3 is 10.1 Å². The number of thiazole rings is 1. The lowest BCUT2D eigenvalue weighted by atomic mass is 10.1. The zero-order valence-electron chi connectivity index (χ0n) is 15.1. The SMILES string of the molecule is CCN=c1scc(-c2ccc3c(c2)NC(=O)CO3)n1N=Cc1ccccc1Cl. The van der Waals surface area contributed by atoms with E-state index in [9.17, 15) is 4.79 Å². The number of carbonyl (C=O) groups is 1. The lowest BCUT2D eigenvalue weighted by Crippen LogP contribution is -2.25. The molecule has 1 amide bonds. The molecule has 0 radical (unpaired) electrons. The molecule has 0 bridgehead atoms. The van der Waals surface area contributed by atoms with Crippen molar-refractivity contribution in [2.24, 2.45) is 10.1 Å². The van der Waals surface area contributed by atoms with E-state index in [1.54, 1.807) is 10.9 Å². The first-order chi connectivity index (χ1) is 13.7. The summed E-state index contributed by atoms with van der Waals surface area (Å²) in [7, 11) is 0. The van der Waals surface area contributed by atoms with Crippen LogP contribution in [-0.2, 0) is 4.79 Å². The van der Waals surface area contributed by atoms with Crippen LogP contribution in [0.5, 0.6) is 5.75 Å². The fraction of sp³-hybridized carbons (Fsp3) is 0.150. The molecule has 1 aliphatic rings. The summed E-state index contributed by atoms with van der Waals surface area (Å²) in [6, 6.07) is 13.2. The molecule has 3 aromatic rings. The van der Waals surface area contributed by atoms with Crippen LogP contribution in [0.15, 0.2) is 57.9 Å². The minimum absolute atomic E-state index is 0.0342. The number of rotatable bonds is 4. The van der Waals surface area contributed by atoms with E-state index >= 15 is 0 Å². The molecule has 28 heavy (non-hydrogen) atoms. The van der Waals surface area contributed by atoms with Crippen molar-refractivity contribution in [2.75, 3.05) is 18.5 Å². The number of carbonyl (C=O) groups excluding carboxylic acids is 1. The van der Waals surface area contributed by atoms with Gasteiger partial charge in [0, 0.05) is 28.1 Å². The minimum atomic E-state index is -0.166. The number of ether oxygens (including phenoxy) is 1. The Balaban J connectivity index is 1.79. The van der Waals surface area contributed by atoms with Gasteiger partial charge in [-0.15, -0.1) is 11.3 Å². The number of hydrogen-bond donors (Lipinski definition) is 1. The van der Waals surface area contributed by atoms with Crippen LogP contribution in [0.2, 0.25) is 5.02 Å². The van der Waals surface area contributed by atoms with Crippen molar-refractivity contribution >= 4 is 40.7 Å². The van der Waals surface area contributed by atoms with Gasteiger partial charge in [-0.1, -0.05) is 29.8 Å². The van der Waals surface area contributed by atoms with Crippen molar-refractivity contribution in [1.82, 2.24) is 4.68 Å². The Morgan fingerprint density at radius 1 is 1.32 bits per heavy atom. The lowest BCUT2D eigenvalue weighted by Gasteiger charge is -2.18. The monoisotopic (exact) mass is 412 g/mol. The number of hydrogen-bond acceptors (Lipinski definition) is 5. The van der Waals surface area contributed by atoms with Crippen molar-refractivity contribution in [2.45, 2.75) is 6.92 Å². The summed E-state index contributed by atoms with van der Waals surface area (Å²) in [5.74, 6) is 0.490. The molecule has 0 aliphatic carbocycles. The summed E-state index contributed by atoms with van der Waals surface area (Å²) >= 11 is 7.74. The molecule has 1 aliphatic heterocycles. The largest absolute Gasteiger partial charge is 0.482 e. The summed E-state index contributed by atoms with van der Waals surface area (Å²) in [6.07, 6.45) is 1.72. The highest BCUT2D eigenvalue weighted by atomic mass is 35.5. The van der Waals surface area contributed by atoms with Gasteiger partial charge in [0.25, 0.3) is 5.91 Å². The Bertz CT molecular complexity index is 1130. The van der Waals surface area contributed by atoms with Crippen LogP contribution in [-0.4, -0.2) is 29.9 Å². The van der Waals surface area contributed by atoms with Gasteiger partial charge in [-0.3, -0.25) is 9.79 Å². The predicted molar refractivity (Wildman–Crippen MR) is 112 cm³/mol. The van der Waals surface area contributed by atoms with Crippen LogP contribution in [0.25, 0.3) is 11.3 Å². The van der Waals surface area contributed by atoms with Crippen LogP contribution in [0.1, 0.15) is 12.5 Å². The molecule has 4 rings (SSSR count). The Morgan fingerprint density at radius 2 is 2.18 bits per heavy atom. The summed E-state index contributed by atoms with van der Waals surface area (Å²) in [6.45, 7) is 2.66. The molecule has 0 atom stereocenters. The second-order valence-electron chi connectivity index (χ2n) is 6.00. The van der Waals surface area contributed by atoms with Gasteiger partial charge in [-0.25, -0.2) is 4.68 Å². The summed E-state index contributed by atoms with van der Waals surface area (Å²) in [5, 5.41) is 10.1. The van der Waals surface area contributed by atoms with Gasteiger partial charge in [-0.05, 0) is 31.2 Å². The summed E-state index contributed by atoms with van der Waals surface area (Å²) in [4.78, 5) is 16.9. The van der Waals surface area contributed by atoms with Crippen molar-refractivity contribution < 1.29 is 9.53 Å². The van der Waals surface area contributed by atoms with Gasteiger partial charge in [-0.2, -0.15) is 5.10 Å². The number of halogens is 1. The molecule has 6 nitrogen and oxygen atoms in total. The van der Waals surface area contributed by atoms with Gasteiger partial charge in [0.15, 0.2) is 6.61 Å². The average Bonchev–Trinajstić information content (AvgIpc) is 3.09. The third-order valence-electron chi connectivity index (χ3n) is 4.10. The molecule has 0 saturated carbocycles. The average molecular weight is 413 g/mol. The van der Waals surface area contributed by atoms with E-state index in [1.807, 2.05) is 54.8 Å². The van der Waals surface area contributed by atoms with E-state index < -0.39 is 0 Å². The highest BCUT2D eigenvalue weighted by molar-refractivity contribution is 7.07. The molecule has 142 valence electrons. The Morgan fingerprint density at radius 3 is 3.00 bits per heavy atom. The highest BCUT2D eigenvalue weighted by Crippen LogP contribution is 2.32. The second kappa shape index (κ2) is 8.00. The van der Waals surface area contributed by atoms with E-state index in [1.165, 1.54) is 11.3 Å². The fourth-order valence-electron chi connectivity index (χ4n) is 2.80. The van der Waals surface area contributed by atoms with Crippen molar-refractivity contribution in [1.29, 1.82) is 0 Å². The van der Waals surface area contributed by atoms with Crippen LogP contribution in [0.4, 0.5) is 5.69 Å². The quantitative estimate of drug-likeness (QED) is 0.658. The van der Waals surface area contributed by atoms with E-state index in [2.05, 4.69) is 15.4 Å². The van der Waals surface area contributed by atoms with Crippen LogP contribution in [0, 0.1) is 0 Å². The van der Waals surface area contributed by atoms with Crippen molar-refractivity contribution in [3.8, 4) is 17.0 Å². The Hall–Kier alpha value is -2.90. The first kappa shape index (κ1) is 18.5. The predicted octanol–water partition coefficient (Wildman–Crippen LogP) is 4.00. The van der Waals surface area contributed by atoms with E-state index in [0.717, 1.165) is 21.6 Å². The number of amides is 1. The third-order valence-corrected chi connectivity index (χ3v) is 5.30. The molecule has 0 unspecified atom stereocenters. The number of aromatic nitrogens is 1. The lowest BCUT2D eigenvalue weighted by molar-refractivity contribution is -0.118. The Kier molecular flexibility index (Phi) is 5.27. The summed E-state index contributed by atoms with van der Waals surface area (Å²) < 4.78 is 7.22. The zero-order valence-corrected chi connectivity index (χ0v) is 16.6. The molecule has 8 heteroatoms. The fourth-order valence-corrected chi connectivity index (χ4v) is 3.88. The number of benzene rings is 2. The number of fused-ring (bicyclic) bond motifs is 1. The molecule has 0 saturated heterocycles. The van der Waals surface area contributed by atoms with E-state index in [4.69, 9.17) is 16.3 Å². The normalized spacial score (nSPS) is 14.1. The van der Waals surface area contributed by atoms with Gasteiger partial charge >= 0.3 is 0 Å². The molecule has 2 aromatic carbocycles. The number of nitrogens with one attached hydrogen (secondary N) is 1. The maximum Gasteiger partial charge on any atom is 0.262 e. The molecule has 0 fully saturated rings. The standard InChI is InChI=1S/C20H17ClN4O2S/c1-2-22-20-25(23-10-14-5-3-4-6-15(14)21)17(12-28-20)13-7-8-18-16(9-13)24-19(26)11-27-18/h3-10,12H,2,11H2,1H3,(H,24,26). The molecular formula is C20H17ClN4O2S. The highest BCUT2D eigenvalue weighted by Gasteiger charge is 2.17. The molecule has 2 heterocycles. The zero-order chi connectivity index (χ0) is 19.5. The molecule has 1 aromatic heterocycles. The number of nitrogens with zero attached hydrogens (tertiary/aromatic N) is 3. The van der Waals surface area contributed by atoms with Crippen molar-refractivity contribution in [3.05, 3.63) is 63.2 Å². The van der Waals surface area contributed by atoms with Crippen LogP contribution in [0.3, 0.4) is 0 Å². The number of anilines is 1. The van der Waals surface area contributed by atoms with Crippen molar-refractivity contribution in [3.63, 3.8) is 0 Å². The van der Waals surface area contributed by atoms with Crippen LogP contribution >= 0.6 is 22.9 Å². The third kappa shape index (κ3) is 3.72. The molecular weight excluding hydrogens is 396 g/mol. The first-order valence-electron chi connectivity index (χ1n) is 8.72. The molecule has 1 N–H and O–H groups in total. The smallest absolute Gasteiger partial charge is 0.262 e. The van der Waals surface area contributed by atoms with Gasteiger partial charge in [0.05, 0.1) is 17.6 Å². The van der Waals surface area contributed by atoms with Gasteiger partial charge in [0.1, 0.15) is 5.75 Å². The Labute approximate surface area is 170 Å². The minimum Gasteiger partial charge on any atom is -0.482 e.